The smallest absolute Gasteiger partial charge is 0.485 e. The molecule has 21 heavy (non-hydrogen) atoms. The molecule has 0 saturated carbocycles. The molecule has 0 bridgehead atoms. The summed E-state index contributed by atoms with van der Waals surface area (Å²) in [5, 5.41) is 0. The van der Waals surface area contributed by atoms with E-state index in [0.29, 0.717) is 12.5 Å². The van der Waals surface area contributed by atoms with Crippen LogP contribution < -0.4 is 18.9 Å². The van der Waals surface area contributed by atoms with E-state index >= 15 is 0 Å². The Bertz CT molecular complexity index is 482. The van der Waals surface area contributed by atoms with E-state index in [1.807, 2.05) is 0 Å². The first-order valence-corrected chi connectivity index (χ1v) is 7.69. The SMILES string of the molecule is CCCC[C@H](C)[CH-]c1ccccc1C1=NC(C)(C)CO1.[Li+]. The zero-order chi connectivity index (χ0) is 14.6. The van der Waals surface area contributed by atoms with Gasteiger partial charge in [0.15, 0.2) is 5.90 Å². The number of hydrogen-bond acceptors (Lipinski definition) is 2. The molecule has 0 aromatic heterocycles. The van der Waals surface area contributed by atoms with Gasteiger partial charge in [-0.2, -0.15) is 18.1 Å². The minimum Gasteiger partial charge on any atom is -0.485 e. The van der Waals surface area contributed by atoms with E-state index in [-0.39, 0.29) is 24.4 Å². The number of rotatable bonds is 6. The van der Waals surface area contributed by atoms with Gasteiger partial charge in [0.1, 0.15) is 6.61 Å². The Morgan fingerprint density at radius 1 is 1.33 bits per heavy atom. The van der Waals surface area contributed by atoms with E-state index in [0.717, 1.165) is 11.5 Å². The second-order valence-electron chi connectivity index (χ2n) is 6.39. The van der Waals surface area contributed by atoms with Crippen LogP contribution in [0.2, 0.25) is 0 Å². The Morgan fingerprint density at radius 3 is 2.67 bits per heavy atom. The van der Waals surface area contributed by atoms with Crippen LogP contribution in [0.1, 0.15) is 58.1 Å². The van der Waals surface area contributed by atoms with Gasteiger partial charge < -0.3 is 4.74 Å². The number of unbranched alkanes of at least 4 members (excludes halogenated alkanes) is 1. The molecule has 2 rings (SSSR count). The predicted octanol–water partition coefficient (Wildman–Crippen LogP) is 1.62. The average Bonchev–Trinajstić information content (AvgIpc) is 2.77. The van der Waals surface area contributed by atoms with Crippen LogP contribution in [0.4, 0.5) is 0 Å². The Kier molecular flexibility index (Phi) is 6.91. The van der Waals surface area contributed by atoms with Crippen LogP contribution in [0.25, 0.3) is 0 Å². The zero-order valence-corrected chi connectivity index (χ0v) is 14.1. The van der Waals surface area contributed by atoms with Crippen LogP contribution in [0, 0.1) is 12.3 Å². The van der Waals surface area contributed by atoms with Gasteiger partial charge in [0.2, 0.25) is 0 Å². The molecular formula is C18H26LiNO. The van der Waals surface area contributed by atoms with Crippen molar-refractivity contribution < 1.29 is 23.6 Å². The maximum Gasteiger partial charge on any atom is 1.00 e. The fraction of sp³-hybridized carbons (Fsp3) is 0.556. The molecule has 0 amide bonds. The van der Waals surface area contributed by atoms with Crippen LogP contribution in [0.15, 0.2) is 29.3 Å². The van der Waals surface area contributed by atoms with Crippen molar-refractivity contribution in [3.8, 4) is 0 Å². The van der Waals surface area contributed by atoms with Gasteiger partial charge in [-0.15, -0.1) is 12.1 Å². The third-order valence-electron chi connectivity index (χ3n) is 3.63. The van der Waals surface area contributed by atoms with Crippen molar-refractivity contribution in [1.29, 1.82) is 0 Å². The molecule has 110 valence electrons. The van der Waals surface area contributed by atoms with Crippen molar-refractivity contribution in [2.24, 2.45) is 10.9 Å². The molecule has 1 heterocycles. The van der Waals surface area contributed by atoms with Crippen LogP contribution in [0.3, 0.4) is 0 Å². The summed E-state index contributed by atoms with van der Waals surface area (Å²) in [6.07, 6.45) is 6.13. The van der Waals surface area contributed by atoms with Gasteiger partial charge in [-0.05, 0) is 13.8 Å². The molecule has 1 aliphatic heterocycles. The molecule has 0 aliphatic carbocycles. The molecule has 3 heteroatoms. The third kappa shape index (κ3) is 5.13. The topological polar surface area (TPSA) is 21.6 Å². The Balaban J connectivity index is 0.00000220. The van der Waals surface area contributed by atoms with Crippen molar-refractivity contribution in [3.05, 3.63) is 41.8 Å². The Labute approximate surface area is 141 Å². The second kappa shape index (κ2) is 7.97. The normalized spacial score (nSPS) is 17.4. The molecule has 1 atom stereocenters. The van der Waals surface area contributed by atoms with E-state index < -0.39 is 0 Å². The van der Waals surface area contributed by atoms with Gasteiger partial charge in [-0.1, -0.05) is 50.7 Å². The van der Waals surface area contributed by atoms with E-state index in [4.69, 9.17) is 9.73 Å². The molecule has 1 aromatic rings. The van der Waals surface area contributed by atoms with Gasteiger partial charge in [0.05, 0.1) is 5.54 Å². The Morgan fingerprint density at radius 2 is 2.05 bits per heavy atom. The maximum atomic E-state index is 5.79. The van der Waals surface area contributed by atoms with Crippen LogP contribution in [0.5, 0.6) is 0 Å². The van der Waals surface area contributed by atoms with Crippen molar-refractivity contribution in [2.45, 2.75) is 52.5 Å². The third-order valence-corrected chi connectivity index (χ3v) is 3.63. The Hall–Kier alpha value is -0.843. The van der Waals surface area contributed by atoms with E-state index in [9.17, 15) is 0 Å². The standard InChI is InChI=1S/C18H26NO.Li/c1-5-6-9-14(2)12-15-10-7-8-11-16(15)17-19-18(3,4)13-20-17;/h7-8,10-12,14H,5-6,9,13H2,1-4H3;/q-1;+1/t14-;/m0./s1. The van der Waals surface area contributed by atoms with Gasteiger partial charge in [0.25, 0.3) is 0 Å². The number of hydrogen-bond donors (Lipinski definition) is 0. The zero-order valence-electron chi connectivity index (χ0n) is 14.1. The molecular weight excluding hydrogens is 253 g/mol. The molecule has 2 nitrogen and oxygen atoms in total. The molecule has 0 saturated heterocycles. The number of nitrogens with zero attached hydrogens (tertiary/aromatic N) is 1. The minimum absolute atomic E-state index is 0. The van der Waals surface area contributed by atoms with Crippen molar-refractivity contribution in [3.63, 3.8) is 0 Å². The van der Waals surface area contributed by atoms with Gasteiger partial charge in [-0.25, -0.2) is 0 Å². The monoisotopic (exact) mass is 279 g/mol. The fourth-order valence-corrected chi connectivity index (χ4v) is 2.48. The van der Waals surface area contributed by atoms with Gasteiger partial charge >= 0.3 is 18.9 Å². The van der Waals surface area contributed by atoms with Crippen molar-refractivity contribution >= 4 is 5.90 Å². The van der Waals surface area contributed by atoms with Gasteiger partial charge in [0, 0.05) is 0 Å². The summed E-state index contributed by atoms with van der Waals surface area (Å²) in [7, 11) is 0. The van der Waals surface area contributed by atoms with E-state index in [1.54, 1.807) is 0 Å². The van der Waals surface area contributed by atoms with E-state index in [2.05, 4.69) is 58.4 Å². The number of aliphatic imine (C=N–C) groups is 1. The predicted molar refractivity (Wildman–Crippen MR) is 85.1 cm³/mol. The largest absolute Gasteiger partial charge is 1.00 e. The van der Waals surface area contributed by atoms with E-state index in [1.165, 1.54) is 24.8 Å². The molecule has 0 unspecified atom stereocenters. The van der Waals surface area contributed by atoms with Crippen LogP contribution in [-0.2, 0) is 4.74 Å². The molecule has 0 N–H and O–H groups in total. The molecule has 0 spiro atoms. The molecule has 0 radical (unpaired) electrons. The van der Waals surface area contributed by atoms with Crippen molar-refractivity contribution in [1.82, 2.24) is 0 Å². The first-order valence-electron chi connectivity index (χ1n) is 7.69. The molecule has 0 fully saturated rings. The number of benzene rings is 1. The summed E-state index contributed by atoms with van der Waals surface area (Å²) < 4.78 is 5.79. The van der Waals surface area contributed by atoms with Crippen LogP contribution in [-0.4, -0.2) is 18.0 Å². The van der Waals surface area contributed by atoms with Gasteiger partial charge in [-0.3, -0.25) is 4.99 Å². The quantitative estimate of drug-likeness (QED) is 0.573. The fourth-order valence-electron chi connectivity index (χ4n) is 2.48. The first-order chi connectivity index (χ1) is 9.52. The summed E-state index contributed by atoms with van der Waals surface area (Å²) >= 11 is 0. The summed E-state index contributed by atoms with van der Waals surface area (Å²) in [5.74, 6) is 1.38. The number of ether oxygens (including phenoxy) is 1. The first kappa shape index (κ1) is 18.2. The summed E-state index contributed by atoms with van der Waals surface area (Å²) in [5.41, 5.74) is 2.27. The summed E-state index contributed by atoms with van der Waals surface area (Å²) in [4.78, 5) is 4.70. The summed E-state index contributed by atoms with van der Waals surface area (Å²) in [6, 6.07) is 8.41. The second-order valence-corrected chi connectivity index (χ2v) is 6.39. The maximum absolute atomic E-state index is 5.79. The van der Waals surface area contributed by atoms with Crippen LogP contribution >= 0.6 is 0 Å². The molecule has 1 aromatic carbocycles. The average molecular weight is 279 g/mol. The summed E-state index contributed by atoms with van der Waals surface area (Å²) in [6.45, 7) is 9.41. The molecule has 1 aliphatic rings. The minimum atomic E-state index is -0.101. The van der Waals surface area contributed by atoms with Crippen molar-refractivity contribution in [2.75, 3.05) is 6.61 Å².